The Balaban J connectivity index is 2.03. The lowest BCUT2D eigenvalue weighted by atomic mass is 9.96. The Hall–Kier alpha value is -1.49. The Morgan fingerprint density at radius 3 is 2.72 bits per heavy atom. The molecule has 0 aliphatic rings. The Morgan fingerprint density at radius 2 is 2.11 bits per heavy atom. The SMILES string of the molecule is Cc1cccnc1CNc1nc(C(C)(C)C)ns1. The van der Waals surface area contributed by atoms with Crippen molar-refractivity contribution in [2.24, 2.45) is 0 Å². The molecule has 4 nitrogen and oxygen atoms in total. The summed E-state index contributed by atoms with van der Waals surface area (Å²) in [5.41, 5.74) is 2.23. The molecule has 5 heteroatoms. The van der Waals surface area contributed by atoms with Crippen molar-refractivity contribution in [3.05, 3.63) is 35.4 Å². The van der Waals surface area contributed by atoms with E-state index in [1.54, 1.807) is 0 Å². The summed E-state index contributed by atoms with van der Waals surface area (Å²) in [4.78, 5) is 8.84. The molecule has 0 radical (unpaired) electrons. The Bertz CT molecular complexity index is 528. The van der Waals surface area contributed by atoms with Crippen LogP contribution in [0.25, 0.3) is 0 Å². The molecular weight excluding hydrogens is 244 g/mol. The Labute approximate surface area is 112 Å². The summed E-state index contributed by atoms with van der Waals surface area (Å²) < 4.78 is 4.37. The average molecular weight is 262 g/mol. The van der Waals surface area contributed by atoms with Gasteiger partial charge >= 0.3 is 0 Å². The van der Waals surface area contributed by atoms with Gasteiger partial charge in [0.25, 0.3) is 0 Å². The molecule has 0 bridgehead atoms. The van der Waals surface area contributed by atoms with Crippen LogP contribution in [0.15, 0.2) is 18.3 Å². The van der Waals surface area contributed by atoms with E-state index >= 15 is 0 Å². The van der Waals surface area contributed by atoms with Crippen LogP contribution in [0.3, 0.4) is 0 Å². The molecule has 96 valence electrons. The van der Waals surface area contributed by atoms with E-state index in [1.807, 2.05) is 12.3 Å². The quantitative estimate of drug-likeness (QED) is 0.923. The van der Waals surface area contributed by atoms with Crippen LogP contribution in [0.5, 0.6) is 0 Å². The Kier molecular flexibility index (Phi) is 3.61. The predicted molar refractivity (Wildman–Crippen MR) is 74.9 cm³/mol. The lowest BCUT2D eigenvalue weighted by Gasteiger charge is -2.12. The first-order chi connectivity index (χ1) is 8.47. The predicted octanol–water partition coefficient (Wildman–Crippen LogP) is 3.15. The highest BCUT2D eigenvalue weighted by Crippen LogP contribution is 2.23. The van der Waals surface area contributed by atoms with Gasteiger partial charge in [-0.2, -0.15) is 4.37 Å². The van der Waals surface area contributed by atoms with Crippen LogP contribution >= 0.6 is 11.5 Å². The van der Waals surface area contributed by atoms with Crippen LogP contribution in [0.1, 0.15) is 37.9 Å². The molecule has 2 aromatic heterocycles. The maximum atomic E-state index is 4.49. The van der Waals surface area contributed by atoms with Gasteiger partial charge in [0.15, 0.2) is 0 Å². The zero-order valence-electron chi connectivity index (χ0n) is 11.2. The molecule has 0 aliphatic carbocycles. The van der Waals surface area contributed by atoms with Crippen LogP contribution in [0, 0.1) is 6.92 Å². The van der Waals surface area contributed by atoms with Crippen molar-refractivity contribution < 1.29 is 0 Å². The van der Waals surface area contributed by atoms with E-state index < -0.39 is 0 Å². The van der Waals surface area contributed by atoms with Crippen molar-refractivity contribution in [2.75, 3.05) is 5.32 Å². The summed E-state index contributed by atoms with van der Waals surface area (Å²) in [5, 5.41) is 4.13. The molecule has 0 aromatic carbocycles. The first-order valence-electron chi connectivity index (χ1n) is 5.95. The fraction of sp³-hybridized carbons (Fsp3) is 0.462. The van der Waals surface area contributed by atoms with Crippen molar-refractivity contribution in [3.8, 4) is 0 Å². The summed E-state index contributed by atoms with van der Waals surface area (Å²) >= 11 is 1.40. The molecule has 0 amide bonds. The summed E-state index contributed by atoms with van der Waals surface area (Å²) in [6, 6.07) is 4.01. The molecule has 1 N–H and O–H groups in total. The molecule has 0 fully saturated rings. The smallest absolute Gasteiger partial charge is 0.202 e. The molecule has 0 aliphatic heterocycles. The van der Waals surface area contributed by atoms with E-state index in [0.717, 1.165) is 16.6 Å². The molecule has 0 saturated carbocycles. The average Bonchev–Trinajstić information content (AvgIpc) is 2.76. The minimum Gasteiger partial charge on any atom is -0.355 e. The minimum atomic E-state index is -0.00264. The zero-order chi connectivity index (χ0) is 13.2. The van der Waals surface area contributed by atoms with Crippen molar-refractivity contribution in [1.29, 1.82) is 0 Å². The molecule has 2 aromatic rings. The fourth-order valence-corrected chi connectivity index (χ4v) is 2.21. The maximum absolute atomic E-state index is 4.49. The van der Waals surface area contributed by atoms with Gasteiger partial charge < -0.3 is 5.32 Å². The number of rotatable bonds is 3. The number of hydrogen-bond donors (Lipinski definition) is 1. The Morgan fingerprint density at radius 1 is 1.33 bits per heavy atom. The van der Waals surface area contributed by atoms with E-state index in [4.69, 9.17) is 0 Å². The summed E-state index contributed by atoms with van der Waals surface area (Å²) in [5.74, 6) is 0.882. The first-order valence-corrected chi connectivity index (χ1v) is 6.73. The summed E-state index contributed by atoms with van der Waals surface area (Å²) in [6.07, 6.45) is 1.81. The number of anilines is 1. The number of pyridine rings is 1. The van der Waals surface area contributed by atoms with Gasteiger partial charge in [0.1, 0.15) is 5.82 Å². The van der Waals surface area contributed by atoms with Gasteiger partial charge in [-0.1, -0.05) is 26.8 Å². The monoisotopic (exact) mass is 262 g/mol. The third-order valence-electron chi connectivity index (χ3n) is 2.62. The summed E-state index contributed by atoms with van der Waals surface area (Å²) in [6.45, 7) is 9.08. The van der Waals surface area contributed by atoms with Crippen LogP contribution in [-0.4, -0.2) is 14.3 Å². The molecule has 2 rings (SSSR count). The van der Waals surface area contributed by atoms with Crippen LogP contribution in [0.4, 0.5) is 5.13 Å². The number of nitrogens with zero attached hydrogens (tertiary/aromatic N) is 3. The standard InChI is InChI=1S/C13H18N4S/c1-9-6-5-7-14-10(9)8-15-12-16-11(17-18-12)13(2,3)4/h5-7H,8H2,1-4H3,(H,15,16,17). The van der Waals surface area contributed by atoms with Crippen molar-refractivity contribution in [3.63, 3.8) is 0 Å². The van der Waals surface area contributed by atoms with Crippen LogP contribution in [-0.2, 0) is 12.0 Å². The topological polar surface area (TPSA) is 50.7 Å². The maximum Gasteiger partial charge on any atom is 0.202 e. The zero-order valence-corrected chi connectivity index (χ0v) is 12.0. The number of nitrogens with one attached hydrogen (secondary N) is 1. The van der Waals surface area contributed by atoms with Gasteiger partial charge in [0, 0.05) is 23.1 Å². The van der Waals surface area contributed by atoms with Gasteiger partial charge in [-0.3, -0.25) is 4.98 Å². The molecular formula is C13H18N4S. The minimum absolute atomic E-state index is 0.00264. The third kappa shape index (κ3) is 3.04. The van der Waals surface area contributed by atoms with E-state index in [0.29, 0.717) is 6.54 Å². The second-order valence-electron chi connectivity index (χ2n) is 5.29. The number of hydrogen-bond acceptors (Lipinski definition) is 5. The molecule has 2 heterocycles. The van der Waals surface area contributed by atoms with Gasteiger partial charge in [0.2, 0.25) is 5.13 Å². The molecule has 0 saturated heterocycles. The van der Waals surface area contributed by atoms with E-state index in [9.17, 15) is 0 Å². The highest BCUT2D eigenvalue weighted by Gasteiger charge is 2.19. The largest absolute Gasteiger partial charge is 0.355 e. The molecule has 0 unspecified atom stereocenters. The third-order valence-corrected chi connectivity index (χ3v) is 3.29. The highest BCUT2D eigenvalue weighted by molar-refractivity contribution is 7.09. The van der Waals surface area contributed by atoms with Crippen LogP contribution in [0.2, 0.25) is 0 Å². The number of aromatic nitrogens is 3. The molecule has 0 atom stereocenters. The van der Waals surface area contributed by atoms with E-state index in [1.165, 1.54) is 17.1 Å². The lowest BCUT2D eigenvalue weighted by molar-refractivity contribution is 0.555. The van der Waals surface area contributed by atoms with Gasteiger partial charge in [-0.25, -0.2) is 4.98 Å². The van der Waals surface area contributed by atoms with E-state index in [2.05, 4.69) is 53.4 Å². The van der Waals surface area contributed by atoms with Crippen molar-refractivity contribution in [1.82, 2.24) is 14.3 Å². The normalized spacial score (nSPS) is 11.6. The second kappa shape index (κ2) is 5.02. The lowest BCUT2D eigenvalue weighted by Crippen LogP contribution is -2.13. The molecule has 18 heavy (non-hydrogen) atoms. The summed E-state index contributed by atoms with van der Waals surface area (Å²) in [7, 11) is 0. The van der Waals surface area contributed by atoms with Crippen molar-refractivity contribution in [2.45, 2.75) is 39.7 Å². The van der Waals surface area contributed by atoms with Gasteiger partial charge in [-0.15, -0.1) is 0 Å². The van der Waals surface area contributed by atoms with Gasteiger partial charge in [-0.05, 0) is 18.6 Å². The fourth-order valence-electron chi connectivity index (χ4n) is 1.46. The van der Waals surface area contributed by atoms with Gasteiger partial charge in [0.05, 0.1) is 12.2 Å². The second-order valence-corrected chi connectivity index (χ2v) is 6.05. The van der Waals surface area contributed by atoms with Crippen molar-refractivity contribution >= 4 is 16.7 Å². The highest BCUT2D eigenvalue weighted by atomic mass is 32.1. The van der Waals surface area contributed by atoms with Crippen LogP contribution < -0.4 is 5.32 Å². The first kappa shape index (κ1) is 13.0. The molecule has 0 spiro atoms. The van der Waals surface area contributed by atoms with E-state index in [-0.39, 0.29) is 5.41 Å². The number of aryl methyl sites for hydroxylation is 1.